The molecule has 0 amide bonds. The zero-order chi connectivity index (χ0) is 11.6. The summed E-state index contributed by atoms with van der Waals surface area (Å²) < 4.78 is 15.8. The quantitative estimate of drug-likeness (QED) is 0.865. The molecule has 1 aromatic rings. The lowest BCUT2D eigenvalue weighted by atomic mass is 10.3. The summed E-state index contributed by atoms with van der Waals surface area (Å²) in [6.07, 6.45) is 0. The molecule has 2 nitrogen and oxygen atoms in total. The second-order valence-corrected chi connectivity index (χ2v) is 8.86. The van der Waals surface area contributed by atoms with Crippen molar-refractivity contribution in [1.29, 1.82) is 0 Å². The molecule has 0 bridgehead atoms. The van der Waals surface area contributed by atoms with Crippen LogP contribution >= 0.6 is 27.3 Å². The minimum Gasteiger partial charge on any atom is -0.598 e. The third kappa shape index (κ3) is 4.07. The first kappa shape index (κ1) is 13.5. The zero-order valence-electron chi connectivity index (χ0n) is 9.33. The fourth-order valence-electron chi connectivity index (χ4n) is 0.956. The largest absolute Gasteiger partial charge is 0.598 e. The first-order valence-corrected chi connectivity index (χ1v) is 7.50. The number of halogens is 1. The second kappa shape index (κ2) is 5.19. The maximum atomic E-state index is 11.8. The molecule has 86 valence electrons. The van der Waals surface area contributed by atoms with Gasteiger partial charge in [-0.05, 0) is 55.8 Å². The van der Waals surface area contributed by atoms with Crippen molar-refractivity contribution in [2.75, 3.05) is 0 Å². The van der Waals surface area contributed by atoms with Crippen molar-refractivity contribution >= 4 is 38.6 Å². The van der Waals surface area contributed by atoms with Gasteiger partial charge in [-0.15, -0.1) is 16.1 Å². The molecule has 1 rings (SSSR count). The van der Waals surface area contributed by atoms with E-state index in [9.17, 15) is 4.55 Å². The molecule has 0 spiro atoms. The molecule has 0 aromatic carbocycles. The van der Waals surface area contributed by atoms with Crippen LogP contribution in [0.3, 0.4) is 0 Å². The molecule has 0 aliphatic rings. The Balaban J connectivity index is 2.60. The molecule has 0 fully saturated rings. The summed E-state index contributed by atoms with van der Waals surface area (Å²) >= 11 is 4.07. The highest BCUT2D eigenvalue weighted by Crippen LogP contribution is 2.28. The Hall–Kier alpha value is 0.450. The molecule has 5 heteroatoms. The topological polar surface area (TPSA) is 35.1 Å². The Labute approximate surface area is 107 Å². The van der Waals surface area contributed by atoms with Gasteiger partial charge in [0.2, 0.25) is 0 Å². The van der Waals surface area contributed by atoms with Gasteiger partial charge in [-0.1, -0.05) is 0 Å². The van der Waals surface area contributed by atoms with Crippen molar-refractivity contribution in [3.8, 4) is 0 Å². The molecule has 0 aliphatic heterocycles. The maximum Gasteiger partial charge on any atom is 0.136 e. The van der Waals surface area contributed by atoms with E-state index in [2.05, 4.69) is 20.7 Å². The normalized spacial score (nSPS) is 16.4. The van der Waals surface area contributed by atoms with E-state index in [0.29, 0.717) is 0 Å². The van der Waals surface area contributed by atoms with E-state index in [1.165, 1.54) is 4.88 Å². The lowest BCUT2D eigenvalue weighted by Gasteiger charge is -2.26. The van der Waals surface area contributed by atoms with Gasteiger partial charge in [-0.2, -0.15) is 0 Å². The lowest BCUT2D eigenvalue weighted by Crippen LogP contribution is -2.40. The van der Waals surface area contributed by atoms with Crippen LogP contribution in [0.2, 0.25) is 0 Å². The van der Waals surface area contributed by atoms with Crippen LogP contribution in [0.15, 0.2) is 15.9 Å². The fourth-order valence-corrected chi connectivity index (χ4v) is 3.26. The van der Waals surface area contributed by atoms with E-state index < -0.39 is 11.4 Å². The van der Waals surface area contributed by atoms with Crippen molar-refractivity contribution in [2.45, 2.75) is 38.5 Å². The minimum absolute atomic E-state index is 0.126. The molecule has 1 heterocycles. The van der Waals surface area contributed by atoms with E-state index in [1.807, 2.05) is 39.8 Å². The van der Waals surface area contributed by atoms with Crippen LogP contribution in [-0.4, -0.2) is 9.30 Å². The fraction of sp³-hybridized carbons (Fsp3) is 0.600. The molecule has 0 unspecified atom stereocenters. The average Bonchev–Trinajstić information content (AvgIpc) is 2.50. The summed E-state index contributed by atoms with van der Waals surface area (Å²) in [4.78, 5) is 1.19. The molecular weight excluding hydrogens is 294 g/mol. The van der Waals surface area contributed by atoms with Gasteiger partial charge in [0.15, 0.2) is 0 Å². The van der Waals surface area contributed by atoms with Crippen LogP contribution in [0.5, 0.6) is 0 Å². The SMILES string of the molecule is C[C@@H](N[S@+]([O-])C(C)(C)C)c1ccc(Br)s1. The molecule has 0 saturated heterocycles. The zero-order valence-corrected chi connectivity index (χ0v) is 12.6. The third-order valence-electron chi connectivity index (χ3n) is 1.86. The van der Waals surface area contributed by atoms with Gasteiger partial charge >= 0.3 is 0 Å². The number of hydrogen-bond donors (Lipinski definition) is 1. The van der Waals surface area contributed by atoms with Crippen LogP contribution in [0.4, 0.5) is 0 Å². The number of rotatable bonds is 3. The minimum atomic E-state index is -1.02. The highest BCUT2D eigenvalue weighted by Gasteiger charge is 2.28. The van der Waals surface area contributed by atoms with E-state index in [1.54, 1.807) is 11.3 Å². The molecular formula is C10H16BrNOS2. The highest BCUT2D eigenvalue weighted by molar-refractivity contribution is 9.11. The van der Waals surface area contributed by atoms with Gasteiger partial charge in [0, 0.05) is 16.2 Å². The summed E-state index contributed by atoms with van der Waals surface area (Å²) in [6.45, 7) is 7.93. The maximum absolute atomic E-state index is 11.8. The Morgan fingerprint density at radius 1 is 1.47 bits per heavy atom. The van der Waals surface area contributed by atoms with E-state index in [-0.39, 0.29) is 10.8 Å². The summed E-state index contributed by atoms with van der Waals surface area (Å²) in [7, 11) is 0. The van der Waals surface area contributed by atoms with Crippen molar-refractivity contribution in [1.82, 2.24) is 4.72 Å². The first-order valence-electron chi connectivity index (χ1n) is 4.74. The summed E-state index contributed by atoms with van der Waals surface area (Å²) in [5.74, 6) is 0. The van der Waals surface area contributed by atoms with Gasteiger partial charge in [0.05, 0.1) is 9.83 Å². The van der Waals surface area contributed by atoms with Crippen LogP contribution in [0, 0.1) is 0 Å². The monoisotopic (exact) mass is 309 g/mol. The Bertz CT molecular complexity index is 321. The van der Waals surface area contributed by atoms with Gasteiger partial charge in [-0.3, -0.25) is 0 Å². The van der Waals surface area contributed by atoms with Crippen LogP contribution in [0.1, 0.15) is 38.6 Å². The highest BCUT2D eigenvalue weighted by atomic mass is 79.9. The van der Waals surface area contributed by atoms with Gasteiger partial charge in [0.1, 0.15) is 4.75 Å². The predicted molar refractivity (Wildman–Crippen MR) is 71.5 cm³/mol. The van der Waals surface area contributed by atoms with E-state index >= 15 is 0 Å². The average molecular weight is 310 g/mol. The van der Waals surface area contributed by atoms with Crippen molar-refractivity contribution in [3.05, 3.63) is 20.8 Å². The number of hydrogen-bond acceptors (Lipinski definition) is 3. The Morgan fingerprint density at radius 3 is 2.47 bits per heavy atom. The molecule has 0 saturated carbocycles. The molecule has 1 aromatic heterocycles. The molecule has 15 heavy (non-hydrogen) atoms. The van der Waals surface area contributed by atoms with Crippen molar-refractivity contribution in [2.24, 2.45) is 0 Å². The standard InChI is InChI=1S/C10H16BrNOS2/c1-7(8-5-6-9(11)14-8)12-15(13)10(2,3)4/h5-7,12H,1-4H3/t7-,15-/m1/s1. The Morgan fingerprint density at radius 2 is 2.07 bits per heavy atom. The van der Waals surface area contributed by atoms with Gasteiger partial charge < -0.3 is 4.55 Å². The second-order valence-electron chi connectivity index (χ2n) is 4.36. The molecule has 0 aliphatic carbocycles. The molecule has 2 atom stereocenters. The Kier molecular flexibility index (Phi) is 4.67. The first-order chi connectivity index (χ1) is 6.80. The van der Waals surface area contributed by atoms with Crippen LogP contribution in [0.25, 0.3) is 0 Å². The van der Waals surface area contributed by atoms with Crippen molar-refractivity contribution < 1.29 is 4.55 Å². The van der Waals surface area contributed by atoms with Crippen LogP contribution < -0.4 is 4.72 Å². The smallest absolute Gasteiger partial charge is 0.136 e. The summed E-state index contributed by atoms with van der Waals surface area (Å²) in [5, 5.41) is 0. The summed E-state index contributed by atoms with van der Waals surface area (Å²) in [6, 6.07) is 4.19. The van der Waals surface area contributed by atoms with Gasteiger partial charge in [0.25, 0.3) is 0 Å². The third-order valence-corrected chi connectivity index (χ3v) is 5.35. The van der Waals surface area contributed by atoms with Crippen molar-refractivity contribution in [3.63, 3.8) is 0 Å². The van der Waals surface area contributed by atoms with Gasteiger partial charge in [-0.25, -0.2) is 0 Å². The molecule has 1 N–H and O–H groups in total. The number of nitrogens with one attached hydrogen (secondary N) is 1. The lowest BCUT2D eigenvalue weighted by molar-refractivity contribution is 0.532. The number of thiophene rings is 1. The molecule has 0 radical (unpaired) electrons. The van der Waals surface area contributed by atoms with E-state index in [0.717, 1.165) is 3.79 Å². The summed E-state index contributed by atoms with van der Waals surface area (Å²) in [5.41, 5.74) is 0. The van der Waals surface area contributed by atoms with E-state index in [4.69, 9.17) is 0 Å². The van der Waals surface area contributed by atoms with Crippen LogP contribution in [-0.2, 0) is 11.4 Å². The predicted octanol–water partition coefficient (Wildman–Crippen LogP) is 3.62.